The highest BCUT2D eigenvalue weighted by atomic mass is 16.6. The Morgan fingerprint density at radius 2 is 2.50 bits per heavy atom. The van der Waals surface area contributed by atoms with Gasteiger partial charge in [-0.15, -0.1) is 0 Å². The topological polar surface area (TPSA) is 38.7 Å². The third-order valence-electron chi connectivity index (χ3n) is 1.73. The van der Waals surface area contributed by atoms with E-state index in [0.717, 1.165) is 13.0 Å². The van der Waals surface area contributed by atoms with E-state index in [-0.39, 0.29) is 18.8 Å². The Balaban J connectivity index is 2.14. The maximum Gasteiger partial charge on any atom is 0.0857 e. The Hall–Kier alpha value is -0.120. The number of aliphatic hydroxyl groups excluding tert-OH is 1. The predicted molar refractivity (Wildman–Crippen MR) is 36.9 cm³/mol. The quantitative estimate of drug-likeness (QED) is 0.617. The molecule has 10 heavy (non-hydrogen) atoms. The number of hydrogen-bond donors (Lipinski definition) is 1. The van der Waals surface area contributed by atoms with Gasteiger partial charge >= 0.3 is 0 Å². The first-order chi connectivity index (χ1) is 4.84. The van der Waals surface area contributed by atoms with Crippen molar-refractivity contribution in [2.24, 2.45) is 0 Å². The van der Waals surface area contributed by atoms with Gasteiger partial charge in [0.15, 0.2) is 0 Å². The fourth-order valence-electron chi connectivity index (χ4n) is 1.14. The third-order valence-corrected chi connectivity index (χ3v) is 1.73. The van der Waals surface area contributed by atoms with E-state index < -0.39 is 0 Å². The summed E-state index contributed by atoms with van der Waals surface area (Å²) >= 11 is 0. The van der Waals surface area contributed by atoms with Gasteiger partial charge in [0.25, 0.3) is 0 Å². The summed E-state index contributed by atoms with van der Waals surface area (Å²) in [5, 5.41) is 8.45. The fourth-order valence-corrected chi connectivity index (χ4v) is 1.14. The predicted octanol–water partition coefficient (Wildman–Crippen LogP) is 0.173. The molecule has 0 bridgehead atoms. The van der Waals surface area contributed by atoms with Gasteiger partial charge < -0.3 is 14.6 Å². The van der Waals surface area contributed by atoms with Crippen LogP contribution in [0.15, 0.2) is 0 Å². The van der Waals surface area contributed by atoms with Gasteiger partial charge in [-0.25, -0.2) is 0 Å². The monoisotopic (exact) mass is 146 g/mol. The van der Waals surface area contributed by atoms with Crippen molar-refractivity contribution in [1.29, 1.82) is 0 Å². The van der Waals surface area contributed by atoms with E-state index in [4.69, 9.17) is 14.6 Å². The van der Waals surface area contributed by atoms with Gasteiger partial charge in [-0.3, -0.25) is 0 Å². The van der Waals surface area contributed by atoms with E-state index in [1.807, 2.05) is 6.92 Å². The van der Waals surface area contributed by atoms with Crippen LogP contribution in [0.4, 0.5) is 0 Å². The Morgan fingerprint density at radius 1 is 1.70 bits per heavy atom. The lowest BCUT2D eigenvalue weighted by Crippen LogP contribution is -2.22. The second-order valence-corrected chi connectivity index (χ2v) is 2.50. The molecule has 1 aliphatic heterocycles. The second-order valence-electron chi connectivity index (χ2n) is 2.50. The summed E-state index contributed by atoms with van der Waals surface area (Å²) in [6.45, 7) is 3.31. The zero-order valence-electron chi connectivity index (χ0n) is 6.25. The molecule has 0 saturated carbocycles. The number of aliphatic hydroxyl groups is 1. The minimum absolute atomic E-state index is 0.100. The molecule has 1 rings (SSSR count). The average Bonchev–Trinajstić information content (AvgIpc) is 2.31. The lowest BCUT2D eigenvalue weighted by atomic mass is 10.2. The third kappa shape index (κ3) is 1.94. The second kappa shape index (κ2) is 3.91. The summed E-state index contributed by atoms with van der Waals surface area (Å²) in [4.78, 5) is 0. The van der Waals surface area contributed by atoms with E-state index in [1.165, 1.54) is 0 Å². The molecule has 1 aliphatic rings. The van der Waals surface area contributed by atoms with E-state index in [9.17, 15) is 0 Å². The lowest BCUT2D eigenvalue weighted by molar-refractivity contribution is -0.0130. The molecule has 0 aromatic heterocycles. The smallest absolute Gasteiger partial charge is 0.0857 e. The molecule has 2 atom stereocenters. The van der Waals surface area contributed by atoms with E-state index in [2.05, 4.69) is 0 Å². The van der Waals surface area contributed by atoms with Crippen LogP contribution < -0.4 is 0 Å². The first kappa shape index (κ1) is 7.98. The van der Waals surface area contributed by atoms with E-state index >= 15 is 0 Å². The maximum atomic E-state index is 8.45. The molecule has 1 heterocycles. The first-order valence-corrected chi connectivity index (χ1v) is 3.68. The molecular formula is C7H14O3. The Labute approximate surface area is 60.9 Å². The molecule has 3 nitrogen and oxygen atoms in total. The van der Waals surface area contributed by atoms with Gasteiger partial charge in [-0.1, -0.05) is 0 Å². The van der Waals surface area contributed by atoms with Gasteiger partial charge in [0.1, 0.15) is 0 Å². The highest BCUT2D eigenvalue weighted by Crippen LogP contribution is 2.15. The van der Waals surface area contributed by atoms with Crippen molar-refractivity contribution in [1.82, 2.24) is 0 Å². The molecule has 0 radical (unpaired) electrons. The van der Waals surface area contributed by atoms with E-state index in [0.29, 0.717) is 6.61 Å². The summed E-state index contributed by atoms with van der Waals surface area (Å²) in [5.74, 6) is 0. The van der Waals surface area contributed by atoms with Gasteiger partial charge in [-0.05, 0) is 13.3 Å². The van der Waals surface area contributed by atoms with Crippen LogP contribution in [0.5, 0.6) is 0 Å². The SMILES string of the molecule is C[C@H]1OCC[C@H]1OCCO. The Morgan fingerprint density at radius 3 is 3.00 bits per heavy atom. The van der Waals surface area contributed by atoms with Crippen LogP contribution in [0.1, 0.15) is 13.3 Å². The van der Waals surface area contributed by atoms with Gasteiger partial charge in [-0.2, -0.15) is 0 Å². The summed E-state index contributed by atoms with van der Waals surface area (Å²) in [5.41, 5.74) is 0. The maximum absolute atomic E-state index is 8.45. The Kier molecular flexibility index (Phi) is 3.12. The fraction of sp³-hybridized carbons (Fsp3) is 1.00. The summed E-state index contributed by atoms with van der Waals surface area (Å²) < 4.78 is 10.5. The minimum Gasteiger partial charge on any atom is -0.394 e. The van der Waals surface area contributed by atoms with Crippen molar-refractivity contribution in [3.63, 3.8) is 0 Å². The molecule has 1 N–H and O–H groups in total. The van der Waals surface area contributed by atoms with Crippen LogP contribution in [0, 0.1) is 0 Å². The number of ether oxygens (including phenoxy) is 2. The molecule has 60 valence electrons. The van der Waals surface area contributed by atoms with Gasteiger partial charge in [0, 0.05) is 6.61 Å². The van der Waals surface area contributed by atoms with E-state index in [1.54, 1.807) is 0 Å². The van der Waals surface area contributed by atoms with Crippen LogP contribution in [0.3, 0.4) is 0 Å². The lowest BCUT2D eigenvalue weighted by Gasteiger charge is -2.13. The molecule has 0 aliphatic carbocycles. The number of hydrogen-bond acceptors (Lipinski definition) is 3. The zero-order valence-corrected chi connectivity index (χ0v) is 6.25. The largest absolute Gasteiger partial charge is 0.394 e. The van der Waals surface area contributed by atoms with Crippen molar-refractivity contribution in [2.45, 2.75) is 25.6 Å². The van der Waals surface area contributed by atoms with Crippen molar-refractivity contribution < 1.29 is 14.6 Å². The van der Waals surface area contributed by atoms with Crippen LogP contribution in [-0.2, 0) is 9.47 Å². The Bertz CT molecular complexity index is 94.9. The normalized spacial score (nSPS) is 33.0. The summed E-state index contributed by atoms with van der Waals surface area (Å²) in [6, 6.07) is 0. The summed E-state index contributed by atoms with van der Waals surface area (Å²) in [6.07, 6.45) is 1.36. The minimum atomic E-state index is 0.100. The van der Waals surface area contributed by atoms with Crippen LogP contribution in [0.25, 0.3) is 0 Å². The van der Waals surface area contributed by atoms with Crippen molar-refractivity contribution in [2.75, 3.05) is 19.8 Å². The standard InChI is InChI=1S/C7H14O3/c1-6-7(2-4-9-6)10-5-3-8/h6-8H,2-5H2,1H3/t6-,7-/m1/s1. The molecule has 0 aromatic carbocycles. The number of rotatable bonds is 3. The van der Waals surface area contributed by atoms with Crippen LogP contribution >= 0.6 is 0 Å². The molecule has 0 aromatic rings. The van der Waals surface area contributed by atoms with Crippen molar-refractivity contribution in [3.8, 4) is 0 Å². The zero-order chi connectivity index (χ0) is 7.40. The molecule has 0 amide bonds. The average molecular weight is 146 g/mol. The van der Waals surface area contributed by atoms with Gasteiger partial charge in [0.05, 0.1) is 25.4 Å². The van der Waals surface area contributed by atoms with Crippen molar-refractivity contribution in [3.05, 3.63) is 0 Å². The molecule has 0 spiro atoms. The first-order valence-electron chi connectivity index (χ1n) is 3.68. The highest BCUT2D eigenvalue weighted by molar-refractivity contribution is 4.72. The van der Waals surface area contributed by atoms with Crippen LogP contribution in [-0.4, -0.2) is 37.1 Å². The highest BCUT2D eigenvalue weighted by Gasteiger charge is 2.24. The molecule has 1 saturated heterocycles. The molecular weight excluding hydrogens is 132 g/mol. The van der Waals surface area contributed by atoms with Crippen molar-refractivity contribution >= 4 is 0 Å². The van der Waals surface area contributed by atoms with Crippen LogP contribution in [0.2, 0.25) is 0 Å². The van der Waals surface area contributed by atoms with Gasteiger partial charge in [0.2, 0.25) is 0 Å². The molecule has 3 heteroatoms. The summed E-state index contributed by atoms with van der Waals surface area (Å²) in [7, 11) is 0. The molecule has 0 unspecified atom stereocenters. The molecule has 1 fully saturated rings.